The van der Waals surface area contributed by atoms with Gasteiger partial charge in [-0.1, -0.05) is 6.07 Å². The molecule has 0 radical (unpaired) electrons. The Balaban J connectivity index is 1.75. The lowest BCUT2D eigenvalue weighted by atomic mass is 10.1. The highest BCUT2D eigenvalue weighted by Crippen LogP contribution is 2.29. The van der Waals surface area contributed by atoms with Gasteiger partial charge in [-0.05, 0) is 32.4 Å². The van der Waals surface area contributed by atoms with Crippen LogP contribution >= 0.6 is 0 Å². The number of nitro benzene ring substituents is 1. The summed E-state index contributed by atoms with van der Waals surface area (Å²) in [5.74, 6) is 0.227. The van der Waals surface area contributed by atoms with Crippen molar-refractivity contribution in [3.05, 3.63) is 57.4 Å². The second kappa shape index (κ2) is 7.15. The molecule has 3 rings (SSSR count). The summed E-state index contributed by atoms with van der Waals surface area (Å²) in [4.78, 5) is 22.9. The van der Waals surface area contributed by atoms with E-state index in [0.717, 1.165) is 5.69 Å². The van der Waals surface area contributed by atoms with E-state index in [4.69, 9.17) is 4.74 Å². The van der Waals surface area contributed by atoms with Crippen molar-refractivity contribution >= 4 is 21.3 Å². The maximum absolute atomic E-state index is 12.6. The van der Waals surface area contributed by atoms with E-state index in [9.17, 15) is 23.3 Å². The first-order chi connectivity index (χ1) is 12.7. The topological polar surface area (TPSA) is 109 Å². The lowest BCUT2D eigenvalue weighted by Crippen LogP contribution is -2.16. The normalized spacial score (nSPS) is 18.4. The Morgan fingerprint density at radius 3 is 2.70 bits per heavy atom. The van der Waals surface area contributed by atoms with Gasteiger partial charge in [0.15, 0.2) is 16.4 Å². The summed E-state index contributed by atoms with van der Waals surface area (Å²) < 4.78 is 30.9. The van der Waals surface area contributed by atoms with Crippen LogP contribution in [0.25, 0.3) is 0 Å². The predicted octanol–water partition coefficient (Wildman–Crippen LogP) is 2.63. The second-order valence-corrected chi connectivity index (χ2v) is 8.91. The minimum absolute atomic E-state index is 0.0845. The van der Waals surface area contributed by atoms with Crippen molar-refractivity contribution < 1.29 is 22.9 Å². The molecular weight excluding hydrogens is 372 g/mol. The zero-order valence-electron chi connectivity index (χ0n) is 15.0. The molecule has 0 amide bonds. The van der Waals surface area contributed by atoms with E-state index in [-0.39, 0.29) is 41.4 Å². The van der Waals surface area contributed by atoms with Crippen molar-refractivity contribution in [2.75, 3.05) is 18.1 Å². The van der Waals surface area contributed by atoms with Gasteiger partial charge in [0.25, 0.3) is 5.69 Å². The molecule has 0 saturated carbocycles. The first-order valence-electron chi connectivity index (χ1n) is 8.47. The molecule has 0 aliphatic carbocycles. The van der Waals surface area contributed by atoms with E-state index in [2.05, 4.69) is 0 Å². The van der Waals surface area contributed by atoms with Crippen LogP contribution in [0.1, 0.15) is 34.2 Å². The van der Waals surface area contributed by atoms with Crippen LogP contribution in [0.3, 0.4) is 0 Å². The van der Waals surface area contributed by atoms with Crippen molar-refractivity contribution in [1.82, 2.24) is 4.57 Å². The molecule has 27 heavy (non-hydrogen) atoms. The number of aryl methyl sites for hydroxylation is 1. The van der Waals surface area contributed by atoms with Gasteiger partial charge in [0, 0.05) is 29.1 Å². The first kappa shape index (κ1) is 19.1. The van der Waals surface area contributed by atoms with Crippen LogP contribution in [0, 0.1) is 24.0 Å². The zero-order valence-corrected chi connectivity index (χ0v) is 15.9. The minimum atomic E-state index is -3.03. The number of ketones is 1. The summed E-state index contributed by atoms with van der Waals surface area (Å²) in [7, 11) is -3.03. The van der Waals surface area contributed by atoms with Gasteiger partial charge in [-0.2, -0.15) is 0 Å². The number of ether oxygens (including phenoxy) is 1. The van der Waals surface area contributed by atoms with Crippen LogP contribution in [-0.4, -0.2) is 41.8 Å². The van der Waals surface area contributed by atoms with E-state index in [1.165, 1.54) is 18.2 Å². The molecule has 1 atom stereocenters. The molecule has 0 N–H and O–H groups in total. The average molecular weight is 392 g/mol. The fourth-order valence-electron chi connectivity index (χ4n) is 3.51. The number of nitrogens with zero attached hydrogens (tertiary/aromatic N) is 2. The number of nitro groups is 1. The number of Topliss-reactive ketones (excluding diaryl/α,β-unsaturated/α-hetero) is 1. The molecule has 0 spiro atoms. The molecule has 1 aromatic heterocycles. The number of hydrogen-bond donors (Lipinski definition) is 0. The quantitative estimate of drug-likeness (QED) is 0.425. The number of carbonyl (C=O) groups excluding carboxylic acids is 1. The Kier molecular flexibility index (Phi) is 5.05. The molecule has 1 fully saturated rings. The third-order valence-corrected chi connectivity index (χ3v) is 6.51. The van der Waals surface area contributed by atoms with Crippen molar-refractivity contribution in [3.8, 4) is 5.75 Å². The zero-order chi connectivity index (χ0) is 19.8. The largest absolute Gasteiger partial charge is 0.485 e. The molecule has 2 aromatic rings. The van der Waals surface area contributed by atoms with Crippen LogP contribution < -0.4 is 4.74 Å². The maximum atomic E-state index is 12.6. The van der Waals surface area contributed by atoms with E-state index < -0.39 is 14.8 Å². The van der Waals surface area contributed by atoms with Crippen LogP contribution in [0.4, 0.5) is 5.69 Å². The minimum Gasteiger partial charge on any atom is -0.485 e. The summed E-state index contributed by atoms with van der Waals surface area (Å²) in [6, 6.07) is 7.23. The molecule has 1 aromatic carbocycles. The van der Waals surface area contributed by atoms with E-state index >= 15 is 0 Å². The summed E-state index contributed by atoms with van der Waals surface area (Å²) in [6.07, 6.45) is 0.538. The van der Waals surface area contributed by atoms with Crippen LogP contribution in [-0.2, 0) is 9.84 Å². The molecule has 1 saturated heterocycles. The van der Waals surface area contributed by atoms with E-state index in [0.29, 0.717) is 17.7 Å². The van der Waals surface area contributed by atoms with Gasteiger partial charge < -0.3 is 9.30 Å². The SMILES string of the molecule is Cc1cc(C(=O)COc2cccc([N+](=O)[O-])c2)c(C)n1C1CCS(=O)(=O)C1. The number of hydrogen-bond acceptors (Lipinski definition) is 6. The maximum Gasteiger partial charge on any atom is 0.273 e. The van der Waals surface area contributed by atoms with Crippen molar-refractivity contribution in [2.45, 2.75) is 26.3 Å². The van der Waals surface area contributed by atoms with Gasteiger partial charge in [-0.25, -0.2) is 8.42 Å². The molecule has 2 heterocycles. The average Bonchev–Trinajstić information content (AvgIpc) is 3.11. The number of aromatic nitrogens is 1. The third-order valence-electron chi connectivity index (χ3n) is 4.76. The second-order valence-electron chi connectivity index (χ2n) is 6.68. The van der Waals surface area contributed by atoms with E-state index in [1.54, 1.807) is 19.1 Å². The summed E-state index contributed by atoms with van der Waals surface area (Å²) in [5.41, 5.74) is 1.90. The highest BCUT2D eigenvalue weighted by Gasteiger charge is 2.31. The van der Waals surface area contributed by atoms with Crippen molar-refractivity contribution in [3.63, 3.8) is 0 Å². The fraction of sp³-hybridized carbons (Fsp3) is 0.389. The fourth-order valence-corrected chi connectivity index (χ4v) is 5.21. The predicted molar refractivity (Wildman–Crippen MR) is 99.1 cm³/mol. The van der Waals surface area contributed by atoms with Gasteiger partial charge >= 0.3 is 0 Å². The number of rotatable bonds is 6. The Hall–Kier alpha value is -2.68. The monoisotopic (exact) mass is 392 g/mol. The number of non-ortho nitro benzene ring substituents is 1. The summed E-state index contributed by atoms with van der Waals surface area (Å²) >= 11 is 0. The highest BCUT2D eigenvalue weighted by molar-refractivity contribution is 7.91. The first-order valence-corrected chi connectivity index (χ1v) is 10.3. The smallest absolute Gasteiger partial charge is 0.273 e. The van der Waals surface area contributed by atoms with Gasteiger partial charge in [0.05, 0.1) is 22.5 Å². The molecule has 1 unspecified atom stereocenters. The number of benzene rings is 1. The molecule has 144 valence electrons. The van der Waals surface area contributed by atoms with Crippen molar-refractivity contribution in [2.24, 2.45) is 0 Å². The van der Waals surface area contributed by atoms with E-state index in [1.807, 2.05) is 11.5 Å². The molecular formula is C18H20N2O6S. The summed E-state index contributed by atoms with van der Waals surface area (Å²) in [5, 5.41) is 10.8. The van der Waals surface area contributed by atoms with Crippen LogP contribution in [0.5, 0.6) is 5.75 Å². The van der Waals surface area contributed by atoms with Gasteiger partial charge in [-0.3, -0.25) is 14.9 Å². The Morgan fingerprint density at radius 2 is 2.07 bits per heavy atom. The Morgan fingerprint density at radius 1 is 1.33 bits per heavy atom. The molecule has 0 bridgehead atoms. The molecule has 1 aliphatic rings. The van der Waals surface area contributed by atoms with Crippen molar-refractivity contribution in [1.29, 1.82) is 0 Å². The lowest BCUT2D eigenvalue weighted by Gasteiger charge is -2.16. The Labute approximate surface area is 156 Å². The summed E-state index contributed by atoms with van der Waals surface area (Å²) in [6.45, 7) is 3.38. The third kappa shape index (κ3) is 4.02. The van der Waals surface area contributed by atoms with Gasteiger partial charge in [-0.15, -0.1) is 0 Å². The molecule has 1 aliphatic heterocycles. The molecule has 9 heteroatoms. The van der Waals surface area contributed by atoms with Gasteiger partial charge in [0.1, 0.15) is 5.75 Å². The van der Waals surface area contributed by atoms with Gasteiger partial charge in [0.2, 0.25) is 5.78 Å². The number of sulfone groups is 1. The molecule has 8 nitrogen and oxygen atoms in total. The Bertz CT molecular complexity index is 1010. The number of carbonyl (C=O) groups is 1. The highest BCUT2D eigenvalue weighted by atomic mass is 32.2. The van der Waals surface area contributed by atoms with Crippen LogP contribution in [0.15, 0.2) is 30.3 Å². The standard InChI is InChI=1S/C18H20N2O6S/c1-12-8-17(13(2)19(12)15-6-7-27(24,25)11-15)18(21)10-26-16-5-3-4-14(9-16)20(22)23/h3-5,8-9,15H,6-7,10-11H2,1-2H3. The van der Waals surface area contributed by atoms with Crippen LogP contribution in [0.2, 0.25) is 0 Å². The lowest BCUT2D eigenvalue weighted by molar-refractivity contribution is -0.384.